The molecule has 1 saturated carbocycles. The third-order valence-electron chi connectivity index (χ3n) is 4.60. The molecule has 0 aliphatic heterocycles. The highest BCUT2D eigenvalue weighted by Crippen LogP contribution is 2.28. The van der Waals surface area contributed by atoms with E-state index in [2.05, 4.69) is 22.4 Å². The number of halogens is 1. The van der Waals surface area contributed by atoms with Crippen molar-refractivity contribution in [3.63, 3.8) is 0 Å². The van der Waals surface area contributed by atoms with Crippen LogP contribution >= 0.6 is 11.8 Å². The van der Waals surface area contributed by atoms with Crippen LogP contribution in [0, 0.1) is 11.7 Å². The van der Waals surface area contributed by atoms with Crippen LogP contribution in [0.15, 0.2) is 33.9 Å². The molecule has 0 radical (unpaired) electrons. The van der Waals surface area contributed by atoms with Gasteiger partial charge in [-0.25, -0.2) is 4.39 Å². The van der Waals surface area contributed by atoms with Gasteiger partial charge >= 0.3 is 0 Å². The monoisotopic (exact) mass is 363 g/mol. The third-order valence-corrected chi connectivity index (χ3v) is 5.53. The number of amides is 1. The molecule has 134 valence electrons. The van der Waals surface area contributed by atoms with Gasteiger partial charge in [0.2, 0.25) is 5.91 Å². The fourth-order valence-electron chi connectivity index (χ4n) is 3.04. The summed E-state index contributed by atoms with van der Waals surface area (Å²) in [4.78, 5) is 12.4. The van der Waals surface area contributed by atoms with Crippen molar-refractivity contribution in [2.75, 3.05) is 0 Å². The molecule has 0 saturated heterocycles. The summed E-state index contributed by atoms with van der Waals surface area (Å²) in [5.74, 6) is 0.175. The Bertz CT molecular complexity index is 737. The van der Waals surface area contributed by atoms with Crippen molar-refractivity contribution in [2.45, 2.75) is 56.0 Å². The Kier molecular flexibility index (Phi) is 5.73. The smallest absolute Gasteiger partial charge is 0.277 e. The lowest BCUT2D eigenvalue weighted by atomic mass is 9.86. The first kappa shape index (κ1) is 17.9. The first-order valence-electron chi connectivity index (χ1n) is 8.60. The van der Waals surface area contributed by atoms with Crippen LogP contribution in [0.2, 0.25) is 0 Å². The molecule has 25 heavy (non-hydrogen) atoms. The second-order valence-electron chi connectivity index (χ2n) is 6.49. The number of thioether (sulfide) groups is 1. The van der Waals surface area contributed by atoms with E-state index in [9.17, 15) is 9.18 Å². The molecule has 1 aromatic heterocycles. The number of hydrogen-bond acceptors (Lipinski definition) is 5. The summed E-state index contributed by atoms with van der Waals surface area (Å²) in [6.07, 6.45) is 4.58. The van der Waals surface area contributed by atoms with Gasteiger partial charge in [-0.05, 0) is 37.8 Å². The molecule has 1 aliphatic rings. The largest absolute Gasteiger partial charge is 0.411 e. The van der Waals surface area contributed by atoms with E-state index >= 15 is 0 Å². The van der Waals surface area contributed by atoms with E-state index in [1.807, 2.05) is 0 Å². The molecule has 3 rings (SSSR count). The molecular formula is C18H22FN3O2S. The summed E-state index contributed by atoms with van der Waals surface area (Å²) in [7, 11) is 0. The van der Waals surface area contributed by atoms with Gasteiger partial charge < -0.3 is 9.73 Å². The fourth-order valence-corrected chi connectivity index (χ4v) is 3.73. The number of benzene rings is 1. The maximum absolute atomic E-state index is 13.8. The maximum Gasteiger partial charge on any atom is 0.277 e. The van der Waals surface area contributed by atoms with Crippen LogP contribution in [0.1, 0.15) is 39.5 Å². The second kappa shape index (κ2) is 7.99. The normalized spacial score (nSPS) is 21.7. The number of aromatic nitrogens is 2. The summed E-state index contributed by atoms with van der Waals surface area (Å²) in [5.41, 5.74) is 0.259. The average Bonchev–Trinajstić information content (AvgIpc) is 3.05. The van der Waals surface area contributed by atoms with E-state index < -0.39 is 5.82 Å². The first-order chi connectivity index (χ1) is 12.0. The first-order valence-corrected chi connectivity index (χ1v) is 9.48. The van der Waals surface area contributed by atoms with Gasteiger partial charge in [0.15, 0.2) is 0 Å². The molecule has 7 heteroatoms. The molecule has 1 N–H and O–H groups in total. The van der Waals surface area contributed by atoms with Crippen molar-refractivity contribution in [3.05, 3.63) is 30.1 Å². The van der Waals surface area contributed by atoms with Crippen molar-refractivity contribution in [3.8, 4) is 11.5 Å². The zero-order valence-corrected chi connectivity index (χ0v) is 15.2. The molecule has 2 aromatic rings. The van der Waals surface area contributed by atoms with Crippen molar-refractivity contribution < 1.29 is 13.6 Å². The Morgan fingerprint density at radius 1 is 1.32 bits per heavy atom. The van der Waals surface area contributed by atoms with Crippen LogP contribution in [-0.2, 0) is 4.79 Å². The summed E-state index contributed by atoms with van der Waals surface area (Å²) < 4.78 is 19.3. The van der Waals surface area contributed by atoms with Gasteiger partial charge in [0, 0.05) is 6.04 Å². The Morgan fingerprint density at radius 2 is 2.08 bits per heavy atom. The number of hydrogen-bond donors (Lipinski definition) is 1. The van der Waals surface area contributed by atoms with Crippen LogP contribution in [0.5, 0.6) is 0 Å². The molecular weight excluding hydrogens is 341 g/mol. The van der Waals surface area contributed by atoms with E-state index in [0.717, 1.165) is 19.3 Å². The Balaban J connectivity index is 1.60. The minimum Gasteiger partial charge on any atom is -0.411 e. The van der Waals surface area contributed by atoms with Gasteiger partial charge in [-0.3, -0.25) is 4.79 Å². The van der Waals surface area contributed by atoms with Crippen molar-refractivity contribution in [1.29, 1.82) is 0 Å². The molecule has 0 unspecified atom stereocenters. The molecule has 0 bridgehead atoms. The topological polar surface area (TPSA) is 68.0 Å². The molecule has 1 heterocycles. The lowest BCUT2D eigenvalue weighted by Crippen LogP contribution is -2.44. The second-order valence-corrected chi connectivity index (χ2v) is 7.78. The van der Waals surface area contributed by atoms with Crippen molar-refractivity contribution in [2.24, 2.45) is 5.92 Å². The summed E-state index contributed by atoms with van der Waals surface area (Å²) in [6.45, 7) is 3.99. The van der Waals surface area contributed by atoms with E-state index in [1.165, 1.54) is 24.2 Å². The van der Waals surface area contributed by atoms with Crippen LogP contribution in [0.25, 0.3) is 11.5 Å². The molecule has 1 fully saturated rings. The molecule has 1 aliphatic carbocycles. The summed E-state index contributed by atoms with van der Waals surface area (Å²) in [6, 6.07) is 6.47. The predicted molar refractivity (Wildman–Crippen MR) is 94.6 cm³/mol. The highest BCUT2D eigenvalue weighted by atomic mass is 32.2. The van der Waals surface area contributed by atoms with Gasteiger partial charge in [0.1, 0.15) is 5.82 Å². The van der Waals surface area contributed by atoms with Gasteiger partial charge in [-0.15, -0.1) is 10.2 Å². The SMILES string of the molecule is C[C@@H]1CCCC[C@H]1NC(=O)[C@@H](C)Sc1nnc(-c2ccccc2F)o1. The van der Waals surface area contributed by atoms with Crippen LogP contribution in [-0.4, -0.2) is 27.4 Å². The van der Waals surface area contributed by atoms with Gasteiger partial charge in [0.25, 0.3) is 11.1 Å². The van der Waals surface area contributed by atoms with Crippen LogP contribution in [0.3, 0.4) is 0 Å². The molecule has 1 aromatic carbocycles. The zero-order valence-electron chi connectivity index (χ0n) is 14.4. The lowest BCUT2D eigenvalue weighted by molar-refractivity contribution is -0.121. The zero-order chi connectivity index (χ0) is 17.8. The van der Waals surface area contributed by atoms with Crippen molar-refractivity contribution >= 4 is 17.7 Å². The minimum absolute atomic E-state index is 0.0330. The van der Waals surface area contributed by atoms with Crippen LogP contribution in [0.4, 0.5) is 4.39 Å². The fraction of sp³-hybridized carbons (Fsp3) is 0.500. The quantitative estimate of drug-likeness (QED) is 0.812. The average molecular weight is 363 g/mol. The standard InChI is InChI=1S/C18H22FN3O2S/c1-11-7-3-6-10-15(11)20-16(23)12(2)25-18-22-21-17(24-18)13-8-4-5-9-14(13)19/h4-5,8-9,11-12,15H,3,6-7,10H2,1-2H3,(H,20,23)/t11-,12-,15-/m1/s1. The molecule has 1 amide bonds. The minimum atomic E-state index is -0.417. The number of nitrogens with zero attached hydrogens (tertiary/aromatic N) is 2. The summed E-state index contributed by atoms with van der Waals surface area (Å²) in [5, 5.41) is 10.8. The molecule has 0 spiro atoms. The Labute approximate surface area is 150 Å². The highest BCUT2D eigenvalue weighted by molar-refractivity contribution is 8.00. The third kappa shape index (κ3) is 4.39. The maximum atomic E-state index is 13.8. The summed E-state index contributed by atoms with van der Waals surface area (Å²) >= 11 is 1.19. The van der Waals surface area contributed by atoms with E-state index in [0.29, 0.717) is 5.92 Å². The highest BCUT2D eigenvalue weighted by Gasteiger charge is 2.26. The van der Waals surface area contributed by atoms with Crippen molar-refractivity contribution in [1.82, 2.24) is 15.5 Å². The number of carbonyl (C=O) groups is 1. The number of rotatable bonds is 5. The lowest BCUT2D eigenvalue weighted by Gasteiger charge is -2.30. The van der Waals surface area contributed by atoms with Crippen LogP contribution < -0.4 is 5.32 Å². The van der Waals surface area contributed by atoms with Gasteiger partial charge in [-0.2, -0.15) is 0 Å². The van der Waals surface area contributed by atoms with E-state index in [1.54, 1.807) is 25.1 Å². The Hall–Kier alpha value is -1.89. The van der Waals surface area contributed by atoms with Gasteiger partial charge in [-0.1, -0.05) is 43.7 Å². The van der Waals surface area contributed by atoms with E-state index in [4.69, 9.17) is 4.42 Å². The Morgan fingerprint density at radius 3 is 2.84 bits per heavy atom. The molecule has 5 nitrogen and oxygen atoms in total. The van der Waals surface area contributed by atoms with Gasteiger partial charge in [0.05, 0.1) is 10.8 Å². The number of carbonyl (C=O) groups excluding carboxylic acids is 1. The predicted octanol–water partition coefficient (Wildman–Crippen LogP) is 4.05. The number of nitrogens with one attached hydrogen (secondary N) is 1. The molecule has 3 atom stereocenters. The van der Waals surface area contributed by atoms with E-state index in [-0.39, 0.29) is 33.9 Å².